The Labute approximate surface area is 115 Å². The highest BCUT2D eigenvalue weighted by atomic mass is 79.9. The molecule has 0 bridgehead atoms. The van der Waals surface area contributed by atoms with Crippen molar-refractivity contribution in [1.82, 2.24) is 4.98 Å². The van der Waals surface area contributed by atoms with Gasteiger partial charge in [-0.05, 0) is 12.1 Å². The Morgan fingerprint density at radius 1 is 1.33 bits per heavy atom. The van der Waals surface area contributed by atoms with Crippen LogP contribution in [0, 0.1) is 0 Å². The highest BCUT2D eigenvalue weighted by molar-refractivity contribution is 9.09. The average molecular weight is 307 g/mol. The Morgan fingerprint density at radius 2 is 2.22 bits per heavy atom. The fourth-order valence-electron chi connectivity index (χ4n) is 2.43. The monoisotopic (exact) mass is 306 g/mol. The van der Waals surface area contributed by atoms with Crippen LogP contribution in [0.3, 0.4) is 0 Å². The minimum Gasteiger partial charge on any atom is -0.377 e. The second-order valence-corrected chi connectivity index (χ2v) is 5.07. The number of benzene rings is 1. The maximum absolute atomic E-state index is 5.55. The lowest BCUT2D eigenvalue weighted by Gasteiger charge is -2.37. The van der Waals surface area contributed by atoms with Crippen LogP contribution in [-0.4, -0.2) is 36.1 Å². The lowest BCUT2D eigenvalue weighted by molar-refractivity contribution is 0.101. The molecule has 2 aromatic rings. The number of aromatic nitrogens is 1. The topological polar surface area (TPSA) is 25.4 Å². The van der Waals surface area contributed by atoms with Crippen molar-refractivity contribution in [2.45, 2.75) is 6.04 Å². The summed E-state index contributed by atoms with van der Waals surface area (Å²) in [5.74, 6) is 0. The van der Waals surface area contributed by atoms with Crippen molar-refractivity contribution in [3.63, 3.8) is 0 Å². The van der Waals surface area contributed by atoms with Crippen molar-refractivity contribution < 1.29 is 4.74 Å². The van der Waals surface area contributed by atoms with Gasteiger partial charge in [0.2, 0.25) is 0 Å². The lowest BCUT2D eigenvalue weighted by atomic mass is 10.1. The molecule has 3 nitrogen and oxygen atoms in total. The van der Waals surface area contributed by atoms with Gasteiger partial charge in [0.15, 0.2) is 0 Å². The van der Waals surface area contributed by atoms with Gasteiger partial charge in [0.25, 0.3) is 0 Å². The average Bonchev–Trinajstić information content (AvgIpc) is 2.46. The molecule has 1 aromatic carbocycles. The Hall–Kier alpha value is -1.13. The third-order valence-corrected chi connectivity index (χ3v) is 4.09. The summed E-state index contributed by atoms with van der Waals surface area (Å²) in [6, 6.07) is 10.8. The minimum atomic E-state index is 0.393. The molecule has 18 heavy (non-hydrogen) atoms. The minimum absolute atomic E-state index is 0.393. The standard InChI is InChI=1S/C14H15BrN2O/c15-9-11-10-18-8-7-17(11)14-5-6-16-13-4-2-1-3-12(13)14/h1-6,11H,7-10H2. The molecular weight excluding hydrogens is 292 g/mol. The molecule has 0 N–H and O–H groups in total. The van der Waals surface area contributed by atoms with E-state index < -0.39 is 0 Å². The first-order chi connectivity index (χ1) is 8.90. The zero-order chi connectivity index (χ0) is 12.4. The van der Waals surface area contributed by atoms with Crippen LogP contribution in [0.5, 0.6) is 0 Å². The van der Waals surface area contributed by atoms with Gasteiger partial charge < -0.3 is 9.64 Å². The van der Waals surface area contributed by atoms with Crippen LogP contribution in [0.4, 0.5) is 5.69 Å². The number of hydrogen-bond donors (Lipinski definition) is 0. The molecule has 0 radical (unpaired) electrons. The van der Waals surface area contributed by atoms with E-state index in [2.05, 4.69) is 50.1 Å². The molecule has 1 atom stereocenters. The van der Waals surface area contributed by atoms with E-state index in [1.807, 2.05) is 12.3 Å². The van der Waals surface area contributed by atoms with E-state index in [-0.39, 0.29) is 0 Å². The van der Waals surface area contributed by atoms with Crippen LogP contribution in [-0.2, 0) is 4.74 Å². The van der Waals surface area contributed by atoms with Gasteiger partial charge in [0.05, 0.1) is 24.8 Å². The van der Waals surface area contributed by atoms with Gasteiger partial charge in [0.1, 0.15) is 0 Å². The first-order valence-electron chi connectivity index (χ1n) is 6.14. The van der Waals surface area contributed by atoms with Crippen molar-refractivity contribution in [3.05, 3.63) is 36.5 Å². The largest absolute Gasteiger partial charge is 0.377 e. The van der Waals surface area contributed by atoms with E-state index in [0.717, 1.165) is 30.6 Å². The molecule has 1 saturated heterocycles. The van der Waals surface area contributed by atoms with Crippen LogP contribution in [0.2, 0.25) is 0 Å². The normalized spacial score (nSPS) is 20.3. The number of hydrogen-bond acceptors (Lipinski definition) is 3. The van der Waals surface area contributed by atoms with E-state index in [4.69, 9.17) is 4.74 Å². The number of halogens is 1. The van der Waals surface area contributed by atoms with Crippen molar-refractivity contribution in [1.29, 1.82) is 0 Å². The van der Waals surface area contributed by atoms with E-state index in [1.54, 1.807) is 0 Å². The highest BCUT2D eigenvalue weighted by Crippen LogP contribution is 2.28. The summed E-state index contributed by atoms with van der Waals surface area (Å²) in [6.07, 6.45) is 1.89. The number of alkyl halides is 1. The summed E-state index contributed by atoms with van der Waals surface area (Å²) in [5, 5.41) is 2.14. The third kappa shape index (κ3) is 2.10. The SMILES string of the molecule is BrCC1COCCN1c1ccnc2ccccc12. The van der Waals surface area contributed by atoms with Crippen LogP contribution >= 0.6 is 15.9 Å². The molecule has 1 fully saturated rings. The summed E-state index contributed by atoms with van der Waals surface area (Å²) in [7, 11) is 0. The number of morpholine rings is 1. The highest BCUT2D eigenvalue weighted by Gasteiger charge is 2.23. The summed E-state index contributed by atoms with van der Waals surface area (Å²) in [6.45, 7) is 2.51. The van der Waals surface area contributed by atoms with Gasteiger partial charge in [0, 0.05) is 29.1 Å². The predicted octanol–water partition coefficient (Wildman–Crippen LogP) is 2.83. The Morgan fingerprint density at radius 3 is 3.11 bits per heavy atom. The van der Waals surface area contributed by atoms with Crippen LogP contribution < -0.4 is 4.90 Å². The van der Waals surface area contributed by atoms with Gasteiger partial charge in [-0.2, -0.15) is 0 Å². The molecule has 1 aromatic heterocycles. The Kier molecular flexibility index (Phi) is 3.48. The molecule has 4 heteroatoms. The van der Waals surface area contributed by atoms with Crippen LogP contribution in [0.25, 0.3) is 10.9 Å². The summed E-state index contributed by atoms with van der Waals surface area (Å²) in [4.78, 5) is 6.84. The van der Waals surface area contributed by atoms with Crippen molar-refractivity contribution >= 4 is 32.5 Å². The zero-order valence-corrected chi connectivity index (χ0v) is 11.6. The molecule has 0 aliphatic carbocycles. The second-order valence-electron chi connectivity index (χ2n) is 4.42. The molecule has 1 unspecified atom stereocenters. The van der Waals surface area contributed by atoms with Gasteiger partial charge in [-0.15, -0.1) is 0 Å². The fourth-order valence-corrected chi connectivity index (χ4v) is 2.97. The predicted molar refractivity (Wildman–Crippen MR) is 77.5 cm³/mol. The maximum atomic E-state index is 5.55. The first-order valence-corrected chi connectivity index (χ1v) is 7.26. The fraction of sp³-hybridized carbons (Fsp3) is 0.357. The maximum Gasteiger partial charge on any atom is 0.0722 e. The number of rotatable bonds is 2. The summed E-state index contributed by atoms with van der Waals surface area (Å²) in [5.41, 5.74) is 2.31. The number of para-hydroxylation sites is 1. The number of ether oxygens (including phenoxy) is 1. The second kappa shape index (κ2) is 5.24. The molecule has 0 amide bonds. The van der Waals surface area contributed by atoms with Crippen molar-refractivity contribution in [2.24, 2.45) is 0 Å². The van der Waals surface area contributed by atoms with Gasteiger partial charge in [-0.1, -0.05) is 34.1 Å². The molecule has 0 spiro atoms. The van der Waals surface area contributed by atoms with E-state index in [0.29, 0.717) is 6.04 Å². The number of nitrogens with zero attached hydrogens (tertiary/aromatic N) is 2. The molecule has 0 saturated carbocycles. The molecule has 3 rings (SSSR count). The lowest BCUT2D eigenvalue weighted by Crippen LogP contribution is -2.46. The van der Waals surface area contributed by atoms with Crippen LogP contribution in [0.15, 0.2) is 36.5 Å². The number of fused-ring (bicyclic) bond motifs is 1. The molecule has 1 aliphatic heterocycles. The number of pyridine rings is 1. The Bertz CT molecular complexity index is 541. The van der Waals surface area contributed by atoms with Gasteiger partial charge >= 0.3 is 0 Å². The van der Waals surface area contributed by atoms with E-state index in [1.165, 1.54) is 11.1 Å². The number of anilines is 1. The van der Waals surface area contributed by atoms with E-state index in [9.17, 15) is 0 Å². The molecule has 2 heterocycles. The van der Waals surface area contributed by atoms with Gasteiger partial charge in [-0.25, -0.2) is 0 Å². The third-order valence-electron chi connectivity index (χ3n) is 3.34. The van der Waals surface area contributed by atoms with E-state index >= 15 is 0 Å². The summed E-state index contributed by atoms with van der Waals surface area (Å²) < 4.78 is 5.55. The summed E-state index contributed by atoms with van der Waals surface area (Å²) >= 11 is 3.58. The van der Waals surface area contributed by atoms with Crippen molar-refractivity contribution in [2.75, 3.05) is 30.0 Å². The first kappa shape index (κ1) is 11.9. The molecule has 1 aliphatic rings. The van der Waals surface area contributed by atoms with Gasteiger partial charge in [-0.3, -0.25) is 4.98 Å². The quantitative estimate of drug-likeness (QED) is 0.798. The smallest absolute Gasteiger partial charge is 0.0722 e. The zero-order valence-electron chi connectivity index (χ0n) is 10.1. The van der Waals surface area contributed by atoms with Crippen molar-refractivity contribution in [3.8, 4) is 0 Å². The van der Waals surface area contributed by atoms with Crippen LogP contribution in [0.1, 0.15) is 0 Å². The molecular formula is C14H15BrN2O. The Balaban J connectivity index is 2.07. The molecule has 94 valence electrons.